The Morgan fingerprint density at radius 1 is 1.10 bits per heavy atom. The van der Waals surface area contributed by atoms with Gasteiger partial charge in [0.25, 0.3) is 0 Å². The van der Waals surface area contributed by atoms with Crippen LogP contribution in [-0.2, 0) is 11.3 Å². The highest BCUT2D eigenvalue weighted by atomic mass is 79.9. The van der Waals surface area contributed by atoms with Crippen LogP contribution in [0.5, 0.6) is 5.75 Å². The van der Waals surface area contributed by atoms with Crippen LogP contribution >= 0.6 is 31.9 Å². The SMILES string of the molecule is CCCOCCCNCc1cc(Br)c(OCC)c(Br)c1. The highest BCUT2D eigenvalue weighted by molar-refractivity contribution is 9.11. The molecule has 1 aromatic rings. The molecule has 0 saturated carbocycles. The molecule has 0 saturated heterocycles. The van der Waals surface area contributed by atoms with Gasteiger partial charge in [-0.1, -0.05) is 6.92 Å². The summed E-state index contributed by atoms with van der Waals surface area (Å²) in [5, 5.41) is 3.42. The molecule has 1 N–H and O–H groups in total. The number of hydrogen-bond donors (Lipinski definition) is 1. The van der Waals surface area contributed by atoms with Crippen LogP contribution in [0.2, 0.25) is 0 Å². The lowest BCUT2D eigenvalue weighted by molar-refractivity contribution is 0.132. The van der Waals surface area contributed by atoms with Gasteiger partial charge in [-0.05, 0) is 75.9 Å². The van der Waals surface area contributed by atoms with Gasteiger partial charge in [-0.25, -0.2) is 0 Å². The molecule has 114 valence electrons. The van der Waals surface area contributed by atoms with Crippen LogP contribution in [0.3, 0.4) is 0 Å². The van der Waals surface area contributed by atoms with Gasteiger partial charge in [-0.2, -0.15) is 0 Å². The van der Waals surface area contributed by atoms with E-state index in [1.807, 2.05) is 6.92 Å². The molecule has 0 aromatic heterocycles. The maximum Gasteiger partial charge on any atom is 0.147 e. The van der Waals surface area contributed by atoms with E-state index in [4.69, 9.17) is 9.47 Å². The summed E-state index contributed by atoms with van der Waals surface area (Å²) in [4.78, 5) is 0. The zero-order valence-electron chi connectivity index (χ0n) is 12.2. The van der Waals surface area contributed by atoms with Crippen molar-refractivity contribution in [1.82, 2.24) is 5.32 Å². The topological polar surface area (TPSA) is 30.5 Å². The standard InChI is InChI=1S/C15H23Br2NO2/c1-3-7-19-8-5-6-18-11-12-9-13(16)15(20-4-2)14(17)10-12/h9-10,18H,3-8,11H2,1-2H3. The third kappa shape index (κ3) is 6.57. The van der Waals surface area contributed by atoms with Crippen molar-refractivity contribution in [2.75, 3.05) is 26.4 Å². The van der Waals surface area contributed by atoms with Gasteiger partial charge in [-0.15, -0.1) is 0 Å². The van der Waals surface area contributed by atoms with E-state index in [9.17, 15) is 0 Å². The molecule has 0 aliphatic carbocycles. The Hall–Kier alpha value is -0.100. The minimum Gasteiger partial charge on any atom is -0.492 e. The molecule has 0 heterocycles. The number of nitrogens with one attached hydrogen (secondary N) is 1. The minimum atomic E-state index is 0.659. The molecule has 20 heavy (non-hydrogen) atoms. The molecule has 3 nitrogen and oxygen atoms in total. The molecular weight excluding hydrogens is 386 g/mol. The zero-order valence-corrected chi connectivity index (χ0v) is 15.3. The van der Waals surface area contributed by atoms with Crippen LogP contribution in [0, 0.1) is 0 Å². The molecule has 1 aromatic carbocycles. The van der Waals surface area contributed by atoms with E-state index < -0.39 is 0 Å². The Kier molecular flexibility index (Phi) is 9.52. The van der Waals surface area contributed by atoms with E-state index in [0.717, 1.165) is 53.8 Å². The predicted molar refractivity (Wildman–Crippen MR) is 90.4 cm³/mol. The first-order valence-electron chi connectivity index (χ1n) is 7.08. The molecule has 1 rings (SSSR count). The van der Waals surface area contributed by atoms with Crippen molar-refractivity contribution in [3.05, 3.63) is 26.6 Å². The van der Waals surface area contributed by atoms with Crippen molar-refractivity contribution < 1.29 is 9.47 Å². The second-order valence-electron chi connectivity index (χ2n) is 4.46. The highest BCUT2D eigenvalue weighted by Gasteiger charge is 2.08. The second kappa shape index (κ2) is 10.6. The lowest BCUT2D eigenvalue weighted by Crippen LogP contribution is -2.16. The van der Waals surface area contributed by atoms with Crippen LogP contribution < -0.4 is 10.1 Å². The molecule has 0 unspecified atom stereocenters. The van der Waals surface area contributed by atoms with Crippen molar-refractivity contribution in [1.29, 1.82) is 0 Å². The van der Waals surface area contributed by atoms with Gasteiger partial charge in [-0.3, -0.25) is 0 Å². The van der Waals surface area contributed by atoms with Crippen molar-refractivity contribution in [2.45, 2.75) is 33.2 Å². The molecule has 0 fully saturated rings. The normalized spacial score (nSPS) is 10.8. The third-order valence-electron chi connectivity index (χ3n) is 2.67. The Morgan fingerprint density at radius 3 is 2.40 bits per heavy atom. The van der Waals surface area contributed by atoms with Crippen molar-refractivity contribution >= 4 is 31.9 Å². The quantitative estimate of drug-likeness (QED) is 0.577. The summed E-state index contributed by atoms with van der Waals surface area (Å²) in [5.41, 5.74) is 1.22. The van der Waals surface area contributed by atoms with Crippen molar-refractivity contribution in [3.63, 3.8) is 0 Å². The van der Waals surface area contributed by atoms with Gasteiger partial charge in [0.2, 0.25) is 0 Å². The number of hydrogen-bond acceptors (Lipinski definition) is 3. The van der Waals surface area contributed by atoms with Crippen LogP contribution in [0.4, 0.5) is 0 Å². The Morgan fingerprint density at radius 2 is 1.80 bits per heavy atom. The van der Waals surface area contributed by atoms with Crippen LogP contribution in [0.15, 0.2) is 21.1 Å². The predicted octanol–water partition coefficient (Wildman–Crippen LogP) is 4.52. The largest absolute Gasteiger partial charge is 0.492 e. The summed E-state index contributed by atoms with van der Waals surface area (Å²) in [6.07, 6.45) is 2.13. The smallest absolute Gasteiger partial charge is 0.147 e. The summed E-state index contributed by atoms with van der Waals surface area (Å²) < 4.78 is 13.0. The molecule has 5 heteroatoms. The number of halogens is 2. The molecule has 0 spiro atoms. The van der Waals surface area contributed by atoms with Gasteiger partial charge >= 0.3 is 0 Å². The van der Waals surface area contributed by atoms with E-state index in [0.29, 0.717) is 6.61 Å². The van der Waals surface area contributed by atoms with Crippen LogP contribution in [-0.4, -0.2) is 26.4 Å². The third-order valence-corrected chi connectivity index (χ3v) is 3.84. The second-order valence-corrected chi connectivity index (χ2v) is 6.17. The van der Waals surface area contributed by atoms with E-state index >= 15 is 0 Å². The molecule has 0 atom stereocenters. The van der Waals surface area contributed by atoms with Gasteiger partial charge in [0.1, 0.15) is 5.75 Å². The molecule has 0 amide bonds. The van der Waals surface area contributed by atoms with E-state index in [2.05, 4.69) is 56.2 Å². The maximum atomic E-state index is 5.57. The fourth-order valence-electron chi connectivity index (χ4n) is 1.78. The minimum absolute atomic E-state index is 0.659. The molecular formula is C15H23Br2NO2. The van der Waals surface area contributed by atoms with E-state index in [1.54, 1.807) is 0 Å². The van der Waals surface area contributed by atoms with Crippen LogP contribution in [0.1, 0.15) is 32.3 Å². The number of ether oxygens (including phenoxy) is 2. The summed E-state index contributed by atoms with van der Waals surface area (Å²) in [5.74, 6) is 0.865. The fraction of sp³-hybridized carbons (Fsp3) is 0.600. The van der Waals surface area contributed by atoms with E-state index in [-0.39, 0.29) is 0 Å². The molecule has 0 bridgehead atoms. The summed E-state index contributed by atoms with van der Waals surface area (Å²) in [6.45, 7) is 8.27. The van der Waals surface area contributed by atoms with Gasteiger partial charge in [0, 0.05) is 19.8 Å². The van der Waals surface area contributed by atoms with Gasteiger partial charge in [0.05, 0.1) is 15.6 Å². The van der Waals surface area contributed by atoms with Crippen molar-refractivity contribution in [2.24, 2.45) is 0 Å². The van der Waals surface area contributed by atoms with Crippen LogP contribution in [0.25, 0.3) is 0 Å². The zero-order chi connectivity index (χ0) is 14.8. The first kappa shape index (κ1) is 18.0. The monoisotopic (exact) mass is 407 g/mol. The lowest BCUT2D eigenvalue weighted by atomic mass is 10.2. The maximum absolute atomic E-state index is 5.57. The Labute approximate surface area is 138 Å². The fourth-order valence-corrected chi connectivity index (χ4v) is 3.29. The summed E-state index contributed by atoms with van der Waals surface area (Å²) in [7, 11) is 0. The van der Waals surface area contributed by atoms with Crippen molar-refractivity contribution in [3.8, 4) is 5.75 Å². The molecule has 0 aliphatic rings. The Bertz CT molecular complexity index is 376. The lowest BCUT2D eigenvalue weighted by Gasteiger charge is -2.11. The van der Waals surface area contributed by atoms with E-state index in [1.165, 1.54) is 5.56 Å². The first-order valence-corrected chi connectivity index (χ1v) is 8.66. The average Bonchev–Trinajstić information content (AvgIpc) is 2.42. The summed E-state index contributed by atoms with van der Waals surface area (Å²) in [6, 6.07) is 4.19. The van der Waals surface area contributed by atoms with Gasteiger partial charge < -0.3 is 14.8 Å². The first-order chi connectivity index (χ1) is 9.69. The van der Waals surface area contributed by atoms with Gasteiger partial charge in [0.15, 0.2) is 0 Å². The highest BCUT2D eigenvalue weighted by Crippen LogP contribution is 2.34. The molecule has 0 aliphatic heterocycles. The number of benzene rings is 1. The average molecular weight is 409 g/mol. The summed E-state index contributed by atoms with van der Waals surface area (Å²) >= 11 is 7.09. The Balaban J connectivity index is 2.34. The molecule has 0 radical (unpaired) electrons. The number of rotatable bonds is 10.